The van der Waals surface area contributed by atoms with E-state index in [9.17, 15) is 0 Å². The zero-order chi connectivity index (χ0) is 92.1. The Labute approximate surface area is 798 Å². The van der Waals surface area contributed by atoms with Gasteiger partial charge in [-0.1, -0.05) is 376 Å². The number of hydrogen-bond donors (Lipinski definition) is 0. The van der Waals surface area contributed by atoms with Crippen molar-refractivity contribution in [2.75, 3.05) is 0 Å². The molecule has 18 aromatic carbocycles. The van der Waals surface area contributed by atoms with Gasteiger partial charge in [0.05, 0.1) is 5.69 Å². The van der Waals surface area contributed by atoms with Crippen LogP contribution in [0, 0.1) is 0 Å². The lowest BCUT2D eigenvalue weighted by atomic mass is 9.94. The van der Waals surface area contributed by atoms with Gasteiger partial charge >= 0.3 is 0 Å². The highest BCUT2D eigenvalue weighted by atomic mass is 15.1. The van der Waals surface area contributed by atoms with Crippen LogP contribution in [0.3, 0.4) is 0 Å². The van der Waals surface area contributed by atoms with E-state index in [2.05, 4.69) is 281 Å². The molecule has 0 bridgehead atoms. The fourth-order valence-corrected chi connectivity index (χ4v) is 17.2. The van der Waals surface area contributed by atoms with Crippen LogP contribution in [0.15, 0.2) is 504 Å². The first-order valence-electron chi connectivity index (χ1n) is 45.8. The zero-order valence-corrected chi connectivity index (χ0v) is 74.7. The summed E-state index contributed by atoms with van der Waals surface area (Å²) in [5.74, 6) is 6.40. The molecule has 24 aromatic rings. The van der Waals surface area contributed by atoms with Crippen molar-refractivity contribution >= 4 is 32.3 Å². The lowest BCUT2D eigenvalue weighted by Crippen LogP contribution is -2.00. The highest BCUT2D eigenvalue weighted by Crippen LogP contribution is 2.41. The van der Waals surface area contributed by atoms with Gasteiger partial charge in [-0.3, -0.25) is 9.97 Å². The molecule has 0 fully saturated rings. The Morgan fingerprint density at radius 2 is 0.333 bits per heavy atom. The van der Waals surface area contributed by atoms with Gasteiger partial charge in [-0.25, -0.2) is 54.8 Å². The normalized spacial score (nSPS) is 11.0. The lowest BCUT2D eigenvalue weighted by Gasteiger charge is -2.13. The minimum Gasteiger partial charge on any atom is -0.264 e. The third kappa shape index (κ3) is 19.2. The van der Waals surface area contributed by atoms with E-state index < -0.39 is 0 Å². The molecule has 13 heteroatoms. The maximum atomic E-state index is 5.04. The van der Waals surface area contributed by atoms with Crippen LogP contribution in [0.2, 0.25) is 0 Å². The summed E-state index contributed by atoms with van der Waals surface area (Å²) in [5, 5.41) is 7.22. The van der Waals surface area contributed by atoms with E-state index in [1.165, 1.54) is 32.3 Å². The minimum absolute atomic E-state index is 0.617. The second-order valence-electron chi connectivity index (χ2n) is 33.5. The van der Waals surface area contributed by atoms with E-state index in [1.54, 1.807) is 18.6 Å². The number of aromatic nitrogens is 13. The van der Waals surface area contributed by atoms with Crippen molar-refractivity contribution in [1.29, 1.82) is 0 Å². The number of nitrogens with zero attached hydrogens (tertiary/aromatic N) is 13. The Hall–Kier alpha value is -18.9. The third-order valence-corrected chi connectivity index (χ3v) is 24.4. The molecule has 0 saturated heterocycles. The molecule has 6 aromatic heterocycles. The quantitative estimate of drug-likeness (QED) is 0.0797. The smallest absolute Gasteiger partial charge is 0.164 e. The second kappa shape index (κ2) is 39.3. The van der Waals surface area contributed by atoms with Gasteiger partial charge in [0, 0.05) is 92.2 Å². The number of pyridine rings is 2. The van der Waals surface area contributed by atoms with Gasteiger partial charge in [-0.15, -0.1) is 0 Å². The molecule has 0 atom stereocenters. The SMILES string of the molecule is c1ccc(-c2nc(-c3ccccc3)nc(-c3cc(-c4ccc(-c5ccccn5)cc4)cc(-c4ccc5ccccc5c4)c3)n2)cc1.c1ccc(-c2nc(-c3ccccc3)nc(-c3cc(-c4ccc(-c5cccnc5)cc4)cc(-c4ccc5ccccc5c4)c3)n2)cc1.c1ccc(-c2nc(-c3ccccc3)nc(-c3cc(-c4ccc(-c5ncccn5)cc4)cc(-c4ccc5ccccc5c4)c3)n2)cc1. The molecule has 648 valence electrons. The number of rotatable bonds is 18. The molecule has 0 N–H and O–H groups in total. The van der Waals surface area contributed by atoms with Crippen molar-refractivity contribution < 1.29 is 0 Å². The highest BCUT2D eigenvalue weighted by molar-refractivity contribution is 5.94. The van der Waals surface area contributed by atoms with E-state index in [4.69, 9.17) is 44.9 Å². The van der Waals surface area contributed by atoms with Gasteiger partial charge < -0.3 is 0 Å². The summed E-state index contributed by atoms with van der Waals surface area (Å²) in [6, 6.07) is 163. The Balaban J connectivity index is 0.000000119. The summed E-state index contributed by atoms with van der Waals surface area (Å²) in [6.07, 6.45) is 9.04. The molecule has 0 unspecified atom stereocenters. The van der Waals surface area contributed by atoms with Crippen LogP contribution < -0.4 is 0 Å². The molecule has 0 spiro atoms. The van der Waals surface area contributed by atoms with E-state index in [1.807, 2.05) is 225 Å². The van der Waals surface area contributed by atoms with Crippen molar-refractivity contribution in [3.63, 3.8) is 0 Å². The van der Waals surface area contributed by atoms with Crippen LogP contribution in [0.5, 0.6) is 0 Å². The van der Waals surface area contributed by atoms with Crippen molar-refractivity contribution in [2.45, 2.75) is 0 Å². The first-order valence-corrected chi connectivity index (χ1v) is 45.8. The summed E-state index contributed by atoms with van der Waals surface area (Å²) < 4.78 is 0. The summed E-state index contributed by atoms with van der Waals surface area (Å²) in [7, 11) is 0. The second-order valence-corrected chi connectivity index (χ2v) is 33.5. The van der Waals surface area contributed by atoms with Crippen molar-refractivity contribution in [1.82, 2.24) is 64.8 Å². The van der Waals surface area contributed by atoms with Gasteiger partial charge in [0.2, 0.25) is 0 Å². The Kier molecular flexibility index (Phi) is 24.1. The van der Waals surface area contributed by atoms with Gasteiger partial charge in [-0.2, -0.15) is 0 Å². The number of fused-ring (bicyclic) bond motifs is 3. The highest BCUT2D eigenvalue weighted by Gasteiger charge is 2.22. The Bertz CT molecular complexity index is 7470. The van der Waals surface area contributed by atoms with E-state index in [0.29, 0.717) is 58.2 Å². The monoisotopic (exact) mass is 1770 g/mol. The maximum absolute atomic E-state index is 5.04. The number of benzene rings is 18. The van der Waals surface area contributed by atoms with Crippen LogP contribution in [-0.2, 0) is 0 Å². The summed E-state index contributed by atoms with van der Waals surface area (Å²) >= 11 is 0. The molecule has 138 heavy (non-hydrogen) atoms. The average molecular weight is 1770 g/mol. The molecule has 0 aliphatic heterocycles. The average Bonchev–Trinajstić information content (AvgIpc) is 0.782. The molecular weight excluding hydrogens is 1680 g/mol. The van der Waals surface area contributed by atoms with E-state index in [0.717, 1.165) is 145 Å². The number of hydrogen-bond acceptors (Lipinski definition) is 13. The molecule has 6 heterocycles. The largest absolute Gasteiger partial charge is 0.264 e. The molecular formula is C125H83N13. The predicted octanol–water partition coefficient (Wildman–Crippen LogP) is 30.7. The predicted molar refractivity (Wildman–Crippen MR) is 561 cm³/mol. The van der Waals surface area contributed by atoms with Gasteiger partial charge in [0.25, 0.3) is 0 Å². The molecule has 0 amide bonds. The maximum Gasteiger partial charge on any atom is 0.164 e. The minimum atomic E-state index is 0.617. The van der Waals surface area contributed by atoms with E-state index in [-0.39, 0.29) is 0 Å². The van der Waals surface area contributed by atoms with Gasteiger partial charge in [0.1, 0.15) is 0 Å². The van der Waals surface area contributed by atoms with Crippen LogP contribution in [0.4, 0.5) is 0 Å². The summed E-state index contributed by atoms with van der Waals surface area (Å²) in [6.45, 7) is 0. The zero-order valence-electron chi connectivity index (χ0n) is 74.7. The van der Waals surface area contributed by atoms with Gasteiger partial charge in [-0.05, 0) is 207 Å². The molecule has 0 radical (unpaired) electrons. The van der Waals surface area contributed by atoms with Crippen molar-refractivity contribution in [2.24, 2.45) is 0 Å². The fraction of sp³-hybridized carbons (Fsp3) is 0. The molecule has 0 aliphatic carbocycles. The molecule has 13 nitrogen and oxygen atoms in total. The summed E-state index contributed by atoms with van der Waals surface area (Å²) in [4.78, 5) is 62.6. The van der Waals surface area contributed by atoms with E-state index >= 15 is 0 Å². The van der Waals surface area contributed by atoms with Crippen molar-refractivity contribution in [3.05, 3.63) is 504 Å². The molecule has 0 saturated carbocycles. The van der Waals surface area contributed by atoms with Gasteiger partial charge in [0.15, 0.2) is 58.2 Å². The first-order chi connectivity index (χ1) is 68.3. The lowest BCUT2D eigenvalue weighted by molar-refractivity contribution is 1.07. The molecule has 24 rings (SSSR count). The topological polar surface area (TPSA) is 168 Å². The molecule has 0 aliphatic rings. The Morgan fingerprint density at radius 1 is 0.109 bits per heavy atom. The Morgan fingerprint density at radius 3 is 0.623 bits per heavy atom. The summed E-state index contributed by atoms with van der Waals surface area (Å²) in [5.41, 5.74) is 26.8. The third-order valence-electron chi connectivity index (χ3n) is 24.4. The van der Waals surface area contributed by atoms with Crippen LogP contribution >= 0.6 is 0 Å². The standard InChI is InChI=1S/2C42H28N4.C41H27N5/c1-3-12-32(13-4-1)40-44-41(33-14-5-2-6-15-33)46-42(45-40)38-27-36(30-18-21-31(22-19-30)39-17-9-10-24-43-39)26-37(28-38)35-23-20-29-11-7-8-16-34(29)25-35;1-3-11-32(12-4-1)40-44-41(33-13-5-2-6-14-33)46-42(45-40)39-26-37(31-19-17-30(18-20-31)36-16-9-23-43-28-36)25-38(27-39)35-22-21-29-10-7-8-15-34(29)24-35;1-3-11-30(12-4-1)39-44-40(31-13-5-2-6-14-31)46-41(45-39)37-26-35(29-16-19-32(20-17-29)38-42-22-9-23-43-38)25-36(27-37)34-21-18-28-10-7-8-15-33(28)24-34/h2*1-28H;1-27H. The van der Waals surface area contributed by atoms with Crippen LogP contribution in [0.25, 0.3) is 235 Å². The van der Waals surface area contributed by atoms with Crippen LogP contribution in [-0.4, -0.2) is 64.8 Å². The fourth-order valence-electron chi connectivity index (χ4n) is 17.2. The van der Waals surface area contributed by atoms with Crippen molar-refractivity contribution in [3.8, 4) is 203 Å². The van der Waals surface area contributed by atoms with Crippen LogP contribution in [0.1, 0.15) is 0 Å². The first kappa shape index (κ1) is 84.7.